The summed E-state index contributed by atoms with van der Waals surface area (Å²) in [6, 6.07) is 73.4. The van der Waals surface area contributed by atoms with Crippen LogP contribution in [-0.2, 0) is 44.8 Å². The summed E-state index contributed by atoms with van der Waals surface area (Å²) in [6.07, 6.45) is 19.5. The van der Waals surface area contributed by atoms with Crippen molar-refractivity contribution in [2.24, 2.45) is 0 Å². The van der Waals surface area contributed by atoms with Crippen molar-refractivity contribution in [1.82, 2.24) is 0 Å². The summed E-state index contributed by atoms with van der Waals surface area (Å²) in [4.78, 5) is 0. The van der Waals surface area contributed by atoms with Crippen LogP contribution in [0, 0.1) is 24.7 Å². The summed E-state index contributed by atoms with van der Waals surface area (Å²) in [6.45, 7) is 0. The van der Waals surface area contributed by atoms with Crippen molar-refractivity contribution in [2.45, 2.75) is 12.8 Å². The first-order valence-electron chi connectivity index (χ1n) is 20.3. The monoisotopic (exact) mass is 1240 g/mol. The minimum atomic E-state index is -0.714. The summed E-state index contributed by atoms with van der Waals surface area (Å²) >= 11 is 3.58. The van der Waals surface area contributed by atoms with E-state index in [0.717, 1.165) is 11.1 Å². The Morgan fingerprint density at radius 2 is 0.629 bits per heavy atom. The van der Waals surface area contributed by atoms with E-state index in [9.17, 15) is 0 Å². The molecule has 0 nitrogen and oxygen atoms in total. The molecule has 0 saturated carbocycles. The largest absolute Gasteiger partial charge is 1.00 e. The number of fused-ring (bicyclic) bond motifs is 6. The van der Waals surface area contributed by atoms with Gasteiger partial charge in [0, 0.05) is 18.8 Å². The van der Waals surface area contributed by atoms with E-state index in [4.69, 9.17) is 12.8 Å². The molecule has 2 aromatic heterocycles. The zero-order valence-electron chi connectivity index (χ0n) is 33.9. The maximum atomic E-state index is 7.13. The molecule has 8 aromatic carbocycles. The summed E-state index contributed by atoms with van der Waals surface area (Å²) < 4.78 is 5.15. The Labute approximate surface area is 408 Å². The molecule has 6 heteroatoms. The quantitative estimate of drug-likeness (QED) is 0.0444. The molecule has 2 heterocycles. The number of benzene rings is 8. The zero-order chi connectivity index (χ0) is 40.9. The Morgan fingerprint density at radius 1 is 0.339 bits per heavy atom. The third-order valence-electron chi connectivity index (χ3n) is 10.6. The average molecular weight is 1240 g/mol. The summed E-state index contributed by atoms with van der Waals surface area (Å²) in [7, 11) is -1.43. The van der Waals surface area contributed by atoms with Gasteiger partial charge in [-0.05, 0) is 95.1 Å². The summed E-state index contributed by atoms with van der Waals surface area (Å²) in [5, 5.41) is 11.1. The van der Waals surface area contributed by atoms with Gasteiger partial charge in [-0.2, -0.15) is 0 Å². The van der Waals surface area contributed by atoms with Crippen LogP contribution in [0.15, 0.2) is 206 Å². The first-order valence-corrected chi connectivity index (χ1v) is 25.3. The Hall–Kier alpha value is -4.34. The SMILES string of the molecule is [Au+].[Au+].[C-]#Cc1ccc2sc3ccccc3c2c1.[C-]#Cc1ccc2sc3ccccc3c2c1.c1ccc([PH+](CCCC[PH+](c2ccccc2)c2ccccc2)c2ccccc2)cc1. The number of unbranched alkanes of at least 4 members (excludes halogenated alkanes) is 1. The van der Waals surface area contributed by atoms with Crippen LogP contribution in [0.4, 0.5) is 0 Å². The van der Waals surface area contributed by atoms with E-state index in [1.807, 2.05) is 24.3 Å². The molecule has 0 unspecified atom stereocenters. The van der Waals surface area contributed by atoms with E-state index >= 15 is 0 Å². The molecule has 0 atom stereocenters. The molecule has 310 valence electrons. The van der Waals surface area contributed by atoms with Gasteiger partial charge in [-0.25, -0.2) is 0 Å². The number of rotatable bonds is 9. The Morgan fingerprint density at radius 3 is 0.952 bits per heavy atom. The second kappa shape index (κ2) is 23.9. The van der Waals surface area contributed by atoms with Crippen LogP contribution in [0.25, 0.3) is 40.3 Å². The molecule has 0 N–H and O–H groups in total. The molecular weight excluding hydrogens is 1190 g/mol. The second-order valence-electron chi connectivity index (χ2n) is 14.5. The topological polar surface area (TPSA) is 0 Å². The van der Waals surface area contributed by atoms with E-state index in [0.29, 0.717) is 0 Å². The minimum Gasteiger partial charge on any atom is -0.366 e. The molecule has 10 aromatic rings. The molecule has 0 amide bonds. The first-order chi connectivity index (χ1) is 29.7. The van der Waals surface area contributed by atoms with Crippen molar-refractivity contribution in [1.29, 1.82) is 0 Å². The number of hydrogen-bond donors (Lipinski definition) is 0. The van der Waals surface area contributed by atoms with Crippen LogP contribution in [-0.4, -0.2) is 12.3 Å². The second-order valence-corrected chi connectivity index (χ2v) is 21.9. The van der Waals surface area contributed by atoms with Crippen LogP contribution >= 0.6 is 38.5 Å². The van der Waals surface area contributed by atoms with Crippen molar-refractivity contribution in [3.63, 3.8) is 0 Å². The Kier molecular flexibility index (Phi) is 18.2. The fourth-order valence-electron chi connectivity index (χ4n) is 7.68. The molecule has 0 fully saturated rings. The third-order valence-corrected chi connectivity index (χ3v) is 18.8. The van der Waals surface area contributed by atoms with Gasteiger partial charge in [0.05, 0.1) is 49.4 Å². The van der Waals surface area contributed by atoms with Crippen molar-refractivity contribution in [3.05, 3.63) is 230 Å². The molecule has 62 heavy (non-hydrogen) atoms. The molecule has 0 bridgehead atoms. The summed E-state index contributed by atoms with van der Waals surface area (Å²) in [5.74, 6) is 4.86. The van der Waals surface area contributed by atoms with E-state index in [1.54, 1.807) is 22.7 Å². The fraction of sp³-hybridized carbons (Fsp3) is 0.0714. The van der Waals surface area contributed by atoms with Gasteiger partial charge in [0.2, 0.25) is 0 Å². The zero-order valence-corrected chi connectivity index (χ0v) is 41.8. The third kappa shape index (κ3) is 11.8. The van der Waals surface area contributed by atoms with E-state index in [1.165, 1.54) is 86.7 Å². The van der Waals surface area contributed by atoms with Gasteiger partial charge in [-0.1, -0.05) is 121 Å². The van der Waals surface area contributed by atoms with Crippen molar-refractivity contribution in [2.75, 3.05) is 12.3 Å². The van der Waals surface area contributed by atoms with E-state index in [2.05, 4.69) is 194 Å². The normalized spacial score (nSPS) is 10.5. The number of thiophene rings is 2. The van der Waals surface area contributed by atoms with E-state index in [-0.39, 0.29) is 44.8 Å². The fourth-order valence-corrected chi connectivity index (χ4v) is 15.3. The van der Waals surface area contributed by atoms with Crippen LogP contribution < -0.4 is 21.2 Å². The van der Waals surface area contributed by atoms with Gasteiger partial charge in [0.15, 0.2) is 0 Å². The molecule has 0 saturated heterocycles. The van der Waals surface area contributed by atoms with Crippen LogP contribution in [0.1, 0.15) is 24.0 Å². The van der Waals surface area contributed by atoms with Gasteiger partial charge in [-0.3, -0.25) is 11.8 Å². The van der Waals surface area contributed by atoms with Gasteiger partial charge in [-0.15, -0.1) is 58.1 Å². The van der Waals surface area contributed by atoms with Crippen molar-refractivity contribution < 1.29 is 44.8 Å². The van der Waals surface area contributed by atoms with Crippen LogP contribution in [0.3, 0.4) is 0 Å². The predicted octanol–water partition coefficient (Wildman–Crippen LogP) is 13.5. The van der Waals surface area contributed by atoms with Crippen molar-refractivity contribution >= 4 is 100 Å². The Balaban J connectivity index is 0.000000168. The maximum Gasteiger partial charge on any atom is 1.00 e. The maximum absolute atomic E-state index is 7.13. The van der Waals surface area contributed by atoms with Gasteiger partial charge in [0.1, 0.15) is 0 Å². The van der Waals surface area contributed by atoms with E-state index < -0.39 is 15.8 Å². The molecule has 0 radical (unpaired) electrons. The predicted molar refractivity (Wildman–Crippen MR) is 271 cm³/mol. The van der Waals surface area contributed by atoms with Gasteiger partial charge < -0.3 is 12.8 Å². The Bertz CT molecular complexity index is 2740. The molecule has 0 aliphatic rings. The molecule has 10 rings (SSSR count). The molecule has 0 aliphatic heterocycles. The standard InChI is InChI=1S/C28H28P2.2C14H7S.2Au/c1-5-15-25(16-6-1)29(26-17-7-2-8-18-26)23-13-14-24-30(27-19-9-3-10-20-27)28-21-11-4-12-22-28;2*1-2-10-7-8-14-12(9-10)11-5-3-4-6-13(11)15-14;;/h1-12,15-22H,13-14,23-24H2;2*3-9H;;/q;2*-1;2*+1/p+2. The molecular formula is C56H44Au2P2S2+2. The minimum absolute atomic E-state index is 0. The first kappa shape index (κ1) is 47.1. The smallest absolute Gasteiger partial charge is 0.366 e. The molecule has 0 aliphatic carbocycles. The average Bonchev–Trinajstić information content (AvgIpc) is 3.89. The van der Waals surface area contributed by atoms with Gasteiger partial charge in [0.25, 0.3) is 0 Å². The van der Waals surface area contributed by atoms with Crippen LogP contribution in [0.2, 0.25) is 0 Å². The van der Waals surface area contributed by atoms with Gasteiger partial charge >= 0.3 is 44.8 Å². The van der Waals surface area contributed by atoms with Crippen molar-refractivity contribution in [3.8, 4) is 11.8 Å². The summed E-state index contributed by atoms with van der Waals surface area (Å²) in [5.41, 5.74) is 1.68. The van der Waals surface area contributed by atoms with Crippen LogP contribution in [0.5, 0.6) is 0 Å². The molecule has 0 spiro atoms. The number of hydrogen-bond acceptors (Lipinski definition) is 2.